The summed E-state index contributed by atoms with van der Waals surface area (Å²) < 4.78 is 5.08. The van der Waals surface area contributed by atoms with Gasteiger partial charge in [-0.1, -0.05) is 12.1 Å². The Labute approximate surface area is 95.3 Å². The zero-order chi connectivity index (χ0) is 11.4. The van der Waals surface area contributed by atoms with E-state index in [-0.39, 0.29) is 5.91 Å². The van der Waals surface area contributed by atoms with Crippen molar-refractivity contribution in [2.24, 2.45) is 0 Å². The van der Waals surface area contributed by atoms with E-state index in [1.54, 1.807) is 12.0 Å². The Kier molecular flexibility index (Phi) is 3.25. The van der Waals surface area contributed by atoms with Gasteiger partial charge in [0.05, 0.1) is 7.11 Å². The van der Waals surface area contributed by atoms with Crippen LogP contribution in [0, 0.1) is 0 Å². The molecule has 0 radical (unpaired) electrons. The second kappa shape index (κ2) is 4.84. The Morgan fingerprint density at radius 3 is 2.62 bits per heavy atom. The number of ether oxygens (including phenoxy) is 1. The largest absolute Gasteiger partial charge is 0.497 e. The molecule has 1 heterocycles. The molecule has 0 spiro atoms. The molecule has 0 atom stereocenters. The highest BCUT2D eigenvalue weighted by molar-refractivity contribution is 5.79. The zero-order valence-corrected chi connectivity index (χ0v) is 9.35. The van der Waals surface area contributed by atoms with E-state index in [1.807, 2.05) is 36.5 Å². The average Bonchev–Trinajstić information content (AvgIpc) is 2.73. The minimum Gasteiger partial charge on any atom is -0.497 e. The van der Waals surface area contributed by atoms with Crippen molar-refractivity contribution in [3.05, 3.63) is 36.0 Å². The molecular formula is C13H15NO2. The lowest BCUT2D eigenvalue weighted by Gasteiger charge is -2.08. The van der Waals surface area contributed by atoms with E-state index in [1.165, 1.54) is 0 Å². The Morgan fingerprint density at radius 2 is 2.06 bits per heavy atom. The summed E-state index contributed by atoms with van der Waals surface area (Å²) in [4.78, 5) is 13.1. The van der Waals surface area contributed by atoms with Gasteiger partial charge in [0.25, 0.3) is 0 Å². The zero-order valence-electron chi connectivity index (χ0n) is 9.35. The van der Waals surface area contributed by atoms with Crippen molar-refractivity contribution in [3.8, 4) is 5.75 Å². The molecule has 1 fully saturated rings. The number of hydrogen-bond acceptors (Lipinski definition) is 2. The molecule has 3 heteroatoms. The SMILES string of the molecule is COc1ccc(/C=C\N2CCCC2=O)cc1. The van der Waals surface area contributed by atoms with Gasteiger partial charge in [-0.15, -0.1) is 0 Å². The third-order valence-electron chi connectivity index (χ3n) is 2.67. The molecule has 0 unspecified atom stereocenters. The lowest BCUT2D eigenvalue weighted by molar-refractivity contribution is -0.125. The van der Waals surface area contributed by atoms with Crippen LogP contribution in [0.2, 0.25) is 0 Å². The second-order valence-corrected chi connectivity index (χ2v) is 3.78. The van der Waals surface area contributed by atoms with Gasteiger partial charge in [-0.2, -0.15) is 0 Å². The first-order valence-electron chi connectivity index (χ1n) is 5.41. The molecule has 0 saturated carbocycles. The summed E-state index contributed by atoms with van der Waals surface area (Å²) in [5.41, 5.74) is 1.07. The Hall–Kier alpha value is -1.77. The van der Waals surface area contributed by atoms with Gasteiger partial charge >= 0.3 is 0 Å². The van der Waals surface area contributed by atoms with Crippen molar-refractivity contribution < 1.29 is 9.53 Å². The topological polar surface area (TPSA) is 29.5 Å². The van der Waals surface area contributed by atoms with Crippen molar-refractivity contribution in [2.75, 3.05) is 13.7 Å². The lowest BCUT2D eigenvalue weighted by atomic mass is 10.2. The number of rotatable bonds is 3. The summed E-state index contributed by atoms with van der Waals surface area (Å²) in [7, 11) is 1.65. The predicted octanol–water partition coefficient (Wildman–Crippen LogP) is 2.29. The molecule has 1 aliphatic rings. The molecule has 0 aromatic heterocycles. The third-order valence-corrected chi connectivity index (χ3v) is 2.67. The van der Waals surface area contributed by atoms with Crippen LogP contribution in [0.15, 0.2) is 30.5 Å². The summed E-state index contributed by atoms with van der Waals surface area (Å²) in [5.74, 6) is 1.05. The van der Waals surface area contributed by atoms with Crippen LogP contribution in [0.5, 0.6) is 5.75 Å². The van der Waals surface area contributed by atoms with Crippen molar-refractivity contribution in [1.29, 1.82) is 0 Å². The molecule has 0 aliphatic carbocycles. The molecule has 16 heavy (non-hydrogen) atoms. The quantitative estimate of drug-likeness (QED) is 0.777. The molecule has 84 valence electrons. The highest BCUT2D eigenvalue weighted by atomic mass is 16.5. The maximum Gasteiger partial charge on any atom is 0.226 e. The summed E-state index contributed by atoms with van der Waals surface area (Å²) >= 11 is 0. The van der Waals surface area contributed by atoms with E-state index in [2.05, 4.69) is 0 Å². The van der Waals surface area contributed by atoms with Crippen LogP contribution in [-0.4, -0.2) is 24.5 Å². The molecule has 1 aromatic carbocycles. The van der Waals surface area contributed by atoms with Crippen molar-refractivity contribution in [2.45, 2.75) is 12.8 Å². The number of methoxy groups -OCH3 is 1. The normalized spacial score (nSPS) is 16.1. The van der Waals surface area contributed by atoms with Crippen LogP contribution in [0.3, 0.4) is 0 Å². The summed E-state index contributed by atoms with van der Waals surface area (Å²) in [6, 6.07) is 7.75. The molecule has 1 aromatic rings. The minimum absolute atomic E-state index is 0.213. The second-order valence-electron chi connectivity index (χ2n) is 3.78. The fourth-order valence-electron chi connectivity index (χ4n) is 1.72. The molecule has 0 N–H and O–H groups in total. The van der Waals surface area contributed by atoms with E-state index in [4.69, 9.17) is 4.74 Å². The number of amides is 1. The van der Waals surface area contributed by atoms with Crippen LogP contribution in [0.4, 0.5) is 0 Å². The third kappa shape index (κ3) is 2.42. The highest BCUT2D eigenvalue weighted by Gasteiger charge is 2.16. The number of carbonyl (C=O) groups excluding carboxylic acids is 1. The van der Waals surface area contributed by atoms with E-state index in [0.29, 0.717) is 6.42 Å². The van der Waals surface area contributed by atoms with Gasteiger partial charge in [-0.3, -0.25) is 4.79 Å². The van der Waals surface area contributed by atoms with Crippen LogP contribution >= 0.6 is 0 Å². The van der Waals surface area contributed by atoms with Crippen LogP contribution < -0.4 is 4.74 Å². The Bertz CT molecular complexity index is 395. The van der Waals surface area contributed by atoms with Gasteiger partial charge in [0.2, 0.25) is 5.91 Å². The molecule has 1 aliphatic heterocycles. The van der Waals surface area contributed by atoms with Gasteiger partial charge in [0.1, 0.15) is 5.75 Å². The first kappa shape index (κ1) is 10.7. The molecule has 2 rings (SSSR count). The van der Waals surface area contributed by atoms with E-state index >= 15 is 0 Å². The van der Waals surface area contributed by atoms with Crippen molar-refractivity contribution in [1.82, 2.24) is 4.90 Å². The van der Waals surface area contributed by atoms with Gasteiger partial charge in [-0.25, -0.2) is 0 Å². The van der Waals surface area contributed by atoms with Crippen LogP contribution in [0.1, 0.15) is 18.4 Å². The smallest absolute Gasteiger partial charge is 0.226 e. The predicted molar refractivity (Wildman–Crippen MR) is 63.0 cm³/mol. The van der Waals surface area contributed by atoms with E-state index < -0.39 is 0 Å². The highest BCUT2D eigenvalue weighted by Crippen LogP contribution is 2.14. The van der Waals surface area contributed by atoms with E-state index in [0.717, 1.165) is 24.3 Å². The fraction of sp³-hybridized carbons (Fsp3) is 0.308. The number of carbonyl (C=O) groups is 1. The summed E-state index contributed by atoms with van der Waals surface area (Å²) in [6.07, 6.45) is 5.44. The number of likely N-dealkylation sites (tertiary alicyclic amines) is 1. The molecule has 1 amide bonds. The van der Waals surface area contributed by atoms with Crippen LogP contribution in [0.25, 0.3) is 6.08 Å². The fourth-order valence-corrected chi connectivity index (χ4v) is 1.72. The van der Waals surface area contributed by atoms with Gasteiger partial charge in [0.15, 0.2) is 0 Å². The maximum absolute atomic E-state index is 11.4. The van der Waals surface area contributed by atoms with Gasteiger partial charge in [0, 0.05) is 19.2 Å². The summed E-state index contributed by atoms with van der Waals surface area (Å²) in [6.45, 7) is 0.839. The maximum atomic E-state index is 11.4. The van der Waals surface area contributed by atoms with Gasteiger partial charge < -0.3 is 9.64 Å². The standard InChI is InChI=1S/C13H15NO2/c1-16-12-6-4-11(5-7-12)8-10-14-9-2-3-13(14)15/h4-8,10H,2-3,9H2,1H3/b10-8-. The van der Waals surface area contributed by atoms with E-state index in [9.17, 15) is 4.79 Å². The molecule has 0 bridgehead atoms. The monoisotopic (exact) mass is 217 g/mol. The van der Waals surface area contributed by atoms with Crippen molar-refractivity contribution in [3.63, 3.8) is 0 Å². The Balaban J connectivity index is 2.02. The minimum atomic E-state index is 0.213. The molecule has 3 nitrogen and oxygen atoms in total. The van der Waals surface area contributed by atoms with Gasteiger partial charge in [-0.05, 0) is 30.2 Å². The lowest BCUT2D eigenvalue weighted by Crippen LogP contribution is -2.16. The molecule has 1 saturated heterocycles. The first-order valence-corrected chi connectivity index (χ1v) is 5.41. The number of hydrogen-bond donors (Lipinski definition) is 0. The number of benzene rings is 1. The summed E-state index contributed by atoms with van der Waals surface area (Å²) in [5, 5.41) is 0. The number of nitrogens with zero attached hydrogens (tertiary/aromatic N) is 1. The van der Waals surface area contributed by atoms with Crippen LogP contribution in [-0.2, 0) is 4.79 Å². The first-order chi connectivity index (χ1) is 7.79. The van der Waals surface area contributed by atoms with Crippen molar-refractivity contribution >= 4 is 12.0 Å². The molecular weight excluding hydrogens is 202 g/mol. The average molecular weight is 217 g/mol. The Morgan fingerprint density at radius 1 is 1.31 bits per heavy atom.